The Morgan fingerprint density at radius 1 is 1.04 bits per heavy atom. The summed E-state index contributed by atoms with van der Waals surface area (Å²) in [6, 6.07) is 14.3. The molecule has 5 rings (SSSR count). The summed E-state index contributed by atoms with van der Waals surface area (Å²) >= 11 is 1.01. The number of nitrogens with zero attached hydrogens (tertiary/aromatic N) is 5. The SMILES string of the molecule is CC(C)c1cc(F)ccc1N1C(=O)CSC1=NC(=O)NC(NC(=O)O)c1ccc(-c2ncn(-c3ccc(OC(F)(F)F)cc3)n2)cc1. The van der Waals surface area contributed by atoms with Crippen molar-refractivity contribution < 1.29 is 41.8 Å². The van der Waals surface area contributed by atoms with Crippen LogP contribution in [0.2, 0.25) is 0 Å². The number of aliphatic imine (C=N–C) groups is 1. The Labute approximate surface area is 268 Å². The Hall–Kier alpha value is -5.45. The summed E-state index contributed by atoms with van der Waals surface area (Å²) in [5.74, 6) is -1.09. The Balaban J connectivity index is 1.32. The van der Waals surface area contributed by atoms with Crippen LogP contribution in [0.4, 0.5) is 32.8 Å². The average Bonchev–Trinajstić information content (AvgIpc) is 3.63. The second kappa shape index (κ2) is 13.5. The summed E-state index contributed by atoms with van der Waals surface area (Å²) < 4.78 is 56.5. The maximum Gasteiger partial charge on any atom is 0.573 e. The summed E-state index contributed by atoms with van der Waals surface area (Å²) in [6.45, 7) is 3.67. The van der Waals surface area contributed by atoms with Crippen LogP contribution in [-0.4, -0.2) is 55.2 Å². The normalized spacial score (nSPS) is 14.8. The maximum absolute atomic E-state index is 14.0. The first-order valence-corrected chi connectivity index (χ1v) is 14.8. The fourth-order valence-electron chi connectivity index (χ4n) is 4.59. The Morgan fingerprint density at radius 3 is 2.38 bits per heavy atom. The highest BCUT2D eigenvalue weighted by Crippen LogP contribution is 2.34. The summed E-state index contributed by atoms with van der Waals surface area (Å²) in [5, 5.41) is 18.5. The van der Waals surface area contributed by atoms with Crippen LogP contribution >= 0.6 is 11.8 Å². The number of benzene rings is 3. The van der Waals surface area contributed by atoms with Crippen LogP contribution in [0, 0.1) is 5.82 Å². The van der Waals surface area contributed by atoms with Gasteiger partial charge in [-0.1, -0.05) is 49.9 Å². The third-order valence-electron chi connectivity index (χ3n) is 6.68. The third kappa shape index (κ3) is 8.04. The number of halogens is 4. The van der Waals surface area contributed by atoms with Gasteiger partial charge in [-0.25, -0.2) is 23.6 Å². The highest BCUT2D eigenvalue weighted by atomic mass is 32.2. The number of ether oxygens (including phenoxy) is 1. The molecule has 12 nitrogen and oxygen atoms in total. The van der Waals surface area contributed by atoms with Crippen LogP contribution in [0.1, 0.15) is 37.1 Å². The van der Waals surface area contributed by atoms with Crippen LogP contribution < -0.4 is 20.3 Å². The molecule has 1 fully saturated rings. The van der Waals surface area contributed by atoms with Crippen molar-refractivity contribution in [3.8, 4) is 22.8 Å². The molecular formula is C30H25F4N7O5S. The number of anilines is 1. The van der Waals surface area contributed by atoms with Crippen LogP contribution in [-0.2, 0) is 4.79 Å². The average molecular weight is 672 g/mol. The summed E-state index contributed by atoms with van der Waals surface area (Å²) in [7, 11) is 0. The van der Waals surface area contributed by atoms with Gasteiger partial charge in [-0.05, 0) is 59.5 Å². The number of rotatable bonds is 8. The number of carbonyl (C=O) groups excluding carboxylic acids is 2. The van der Waals surface area contributed by atoms with Gasteiger partial charge in [0.15, 0.2) is 11.0 Å². The zero-order valence-corrected chi connectivity index (χ0v) is 25.3. The highest BCUT2D eigenvalue weighted by Gasteiger charge is 2.33. The number of hydrogen-bond donors (Lipinski definition) is 3. The number of carbonyl (C=O) groups is 3. The lowest BCUT2D eigenvalue weighted by molar-refractivity contribution is -0.274. The number of amides is 4. The first-order chi connectivity index (χ1) is 22.3. The van der Waals surface area contributed by atoms with Crippen molar-refractivity contribution in [1.82, 2.24) is 25.4 Å². The molecule has 1 aromatic heterocycles. The fraction of sp³-hybridized carbons (Fsp3) is 0.200. The molecule has 3 N–H and O–H groups in total. The number of thioether (sulfide) groups is 1. The molecule has 0 radical (unpaired) electrons. The predicted octanol–water partition coefficient (Wildman–Crippen LogP) is 6.21. The number of amidine groups is 1. The van der Waals surface area contributed by atoms with Gasteiger partial charge < -0.3 is 15.2 Å². The second-order valence-corrected chi connectivity index (χ2v) is 11.2. The van der Waals surface area contributed by atoms with Gasteiger partial charge in [-0.2, -0.15) is 4.99 Å². The fourth-order valence-corrected chi connectivity index (χ4v) is 5.45. The summed E-state index contributed by atoms with van der Waals surface area (Å²) in [4.78, 5) is 46.8. The molecule has 0 bridgehead atoms. The van der Waals surface area contributed by atoms with Crippen LogP contribution in [0.15, 0.2) is 78.0 Å². The molecule has 17 heteroatoms. The van der Waals surface area contributed by atoms with Crippen molar-refractivity contribution >= 4 is 40.6 Å². The van der Waals surface area contributed by atoms with E-state index in [-0.39, 0.29) is 34.3 Å². The molecule has 4 aromatic rings. The molecule has 0 saturated carbocycles. The molecule has 1 aliphatic heterocycles. The van der Waals surface area contributed by atoms with Gasteiger partial charge in [0, 0.05) is 5.56 Å². The van der Waals surface area contributed by atoms with E-state index in [4.69, 9.17) is 0 Å². The number of urea groups is 1. The van der Waals surface area contributed by atoms with E-state index in [2.05, 4.69) is 30.4 Å². The Morgan fingerprint density at radius 2 is 1.74 bits per heavy atom. The van der Waals surface area contributed by atoms with Crippen molar-refractivity contribution in [1.29, 1.82) is 0 Å². The molecule has 3 aromatic carbocycles. The molecule has 244 valence electrons. The van der Waals surface area contributed by atoms with Crippen molar-refractivity contribution in [2.75, 3.05) is 10.7 Å². The molecule has 1 aliphatic rings. The molecular weight excluding hydrogens is 646 g/mol. The van der Waals surface area contributed by atoms with Crippen molar-refractivity contribution in [2.45, 2.75) is 32.3 Å². The van der Waals surface area contributed by atoms with E-state index in [0.717, 1.165) is 23.9 Å². The predicted molar refractivity (Wildman–Crippen MR) is 164 cm³/mol. The minimum Gasteiger partial charge on any atom is -0.465 e. The van der Waals surface area contributed by atoms with E-state index in [1.807, 2.05) is 13.8 Å². The first-order valence-electron chi connectivity index (χ1n) is 13.8. The van der Waals surface area contributed by atoms with Crippen LogP contribution in [0.5, 0.6) is 5.75 Å². The molecule has 2 heterocycles. The van der Waals surface area contributed by atoms with Gasteiger partial charge in [0.25, 0.3) is 0 Å². The molecule has 1 unspecified atom stereocenters. The zero-order valence-electron chi connectivity index (χ0n) is 24.5. The Bertz CT molecular complexity index is 1830. The zero-order chi connectivity index (χ0) is 33.9. The van der Waals surface area contributed by atoms with Gasteiger partial charge in [0.2, 0.25) is 5.91 Å². The Kier molecular flexibility index (Phi) is 9.46. The van der Waals surface area contributed by atoms with Gasteiger partial charge in [-0.15, -0.1) is 18.3 Å². The maximum atomic E-state index is 14.0. The molecule has 0 aliphatic carbocycles. The van der Waals surface area contributed by atoms with Gasteiger partial charge in [0.1, 0.15) is 24.1 Å². The largest absolute Gasteiger partial charge is 0.573 e. The second-order valence-electron chi connectivity index (χ2n) is 10.3. The van der Waals surface area contributed by atoms with E-state index in [1.165, 1.54) is 58.4 Å². The standard InChI is InChI=1S/C30H25F4N7O5S/c1-16(2)22-13-19(31)7-12-23(22)41-24(42)14-47-28(41)38-27(43)36-26(37-29(44)45)18-5-3-17(4-6-18)25-35-15-40(39-25)20-8-10-21(11-9-20)46-30(32,33)34/h3-13,15-16,26,37H,14H2,1-2H3,(H,36,43)(H,44,45). The van der Waals surface area contributed by atoms with E-state index in [1.54, 1.807) is 12.1 Å². The number of carboxylic acid groups (broad SMARTS) is 1. The highest BCUT2D eigenvalue weighted by molar-refractivity contribution is 8.15. The van der Waals surface area contributed by atoms with Crippen LogP contribution in [0.3, 0.4) is 0 Å². The number of alkyl halides is 3. The number of nitrogens with one attached hydrogen (secondary N) is 2. The topological polar surface area (TPSA) is 151 Å². The minimum absolute atomic E-state index is 0.000865. The number of hydrogen-bond acceptors (Lipinski definition) is 7. The number of aromatic nitrogens is 3. The van der Waals surface area contributed by atoms with Gasteiger partial charge in [-0.3, -0.25) is 15.0 Å². The van der Waals surface area contributed by atoms with E-state index in [9.17, 15) is 37.1 Å². The summed E-state index contributed by atoms with van der Waals surface area (Å²) in [6.07, 6.45) is -6.13. The molecule has 0 spiro atoms. The van der Waals surface area contributed by atoms with Gasteiger partial charge >= 0.3 is 18.5 Å². The van der Waals surface area contributed by atoms with Crippen molar-refractivity contribution in [2.24, 2.45) is 4.99 Å². The third-order valence-corrected chi connectivity index (χ3v) is 7.60. The smallest absolute Gasteiger partial charge is 0.465 e. The van der Waals surface area contributed by atoms with Gasteiger partial charge in [0.05, 0.1) is 17.1 Å². The lowest BCUT2D eigenvalue weighted by Gasteiger charge is -2.22. The molecule has 1 atom stereocenters. The van der Waals surface area contributed by atoms with Crippen molar-refractivity contribution in [3.63, 3.8) is 0 Å². The van der Waals surface area contributed by atoms with E-state index in [0.29, 0.717) is 28.1 Å². The molecule has 1 saturated heterocycles. The van der Waals surface area contributed by atoms with Crippen molar-refractivity contribution in [3.05, 3.63) is 90.0 Å². The lowest BCUT2D eigenvalue weighted by Crippen LogP contribution is -2.40. The minimum atomic E-state index is -4.82. The first kappa shape index (κ1) is 32.9. The van der Waals surface area contributed by atoms with E-state index >= 15 is 0 Å². The monoisotopic (exact) mass is 671 g/mol. The van der Waals surface area contributed by atoms with E-state index < -0.39 is 30.5 Å². The lowest BCUT2D eigenvalue weighted by atomic mass is 10.0. The molecule has 4 amide bonds. The molecule has 47 heavy (non-hydrogen) atoms. The summed E-state index contributed by atoms with van der Waals surface area (Å²) in [5.41, 5.74) is 2.21. The van der Waals surface area contributed by atoms with Crippen LogP contribution in [0.25, 0.3) is 17.1 Å². The quantitative estimate of drug-likeness (QED) is 0.148.